The second kappa shape index (κ2) is 8.78. The van der Waals surface area contributed by atoms with Gasteiger partial charge in [0.2, 0.25) is 0 Å². The lowest BCUT2D eigenvalue weighted by Crippen LogP contribution is -2.37. The summed E-state index contributed by atoms with van der Waals surface area (Å²) >= 11 is 0. The zero-order valence-corrected chi connectivity index (χ0v) is 18.1. The molecule has 1 fully saturated rings. The van der Waals surface area contributed by atoms with E-state index in [0.717, 1.165) is 58.4 Å². The SMILES string of the molecule is Nc1nccc2[nH]c(C3CCN(C(=O)c4ccc(/C=C/c5cc[n+]([O-])cc5)cc4)CC3)cc12. The number of piperidine rings is 1. The summed E-state index contributed by atoms with van der Waals surface area (Å²) in [5.74, 6) is 0.986. The van der Waals surface area contributed by atoms with Crippen molar-refractivity contribution in [3.63, 3.8) is 0 Å². The Bertz CT molecular complexity index is 1300. The first-order valence-electron chi connectivity index (χ1n) is 11.1. The zero-order valence-electron chi connectivity index (χ0n) is 18.1. The van der Waals surface area contributed by atoms with Gasteiger partial charge in [-0.2, -0.15) is 4.73 Å². The molecule has 166 valence electrons. The number of amides is 1. The van der Waals surface area contributed by atoms with Crippen molar-refractivity contribution >= 4 is 34.8 Å². The standard InChI is InChI=1S/C26H25N5O2/c27-25-22-17-24(29-23(22)7-12-28-25)20-10-13-30(14-11-20)26(32)21-5-3-18(4-6-21)1-2-19-8-15-31(33)16-9-19/h1-9,12,15-17,20,29H,10-11,13-14H2,(H2,27,28)/b2-1+. The number of benzene rings is 1. The third kappa shape index (κ3) is 4.43. The highest BCUT2D eigenvalue weighted by Gasteiger charge is 2.25. The molecule has 0 bridgehead atoms. The Morgan fingerprint density at radius 2 is 1.73 bits per heavy atom. The number of hydrogen-bond donors (Lipinski definition) is 2. The van der Waals surface area contributed by atoms with E-state index in [-0.39, 0.29) is 5.91 Å². The van der Waals surface area contributed by atoms with Gasteiger partial charge in [0, 0.05) is 54.0 Å². The first-order chi connectivity index (χ1) is 16.1. The van der Waals surface area contributed by atoms with E-state index < -0.39 is 0 Å². The lowest BCUT2D eigenvalue weighted by atomic mass is 9.93. The van der Waals surface area contributed by atoms with Gasteiger partial charge in [0.05, 0.1) is 5.52 Å². The molecule has 1 aliphatic rings. The number of aromatic nitrogens is 3. The van der Waals surface area contributed by atoms with Crippen LogP contribution < -0.4 is 10.5 Å². The zero-order chi connectivity index (χ0) is 22.8. The van der Waals surface area contributed by atoms with Gasteiger partial charge in [0.1, 0.15) is 5.82 Å². The second-order valence-corrected chi connectivity index (χ2v) is 8.40. The van der Waals surface area contributed by atoms with E-state index in [1.807, 2.05) is 47.4 Å². The molecule has 1 amide bonds. The van der Waals surface area contributed by atoms with Crippen LogP contribution in [0, 0.1) is 5.21 Å². The maximum absolute atomic E-state index is 13.0. The van der Waals surface area contributed by atoms with Crippen molar-refractivity contribution in [2.75, 3.05) is 18.8 Å². The van der Waals surface area contributed by atoms with Crippen molar-refractivity contribution in [3.05, 3.63) is 94.7 Å². The number of nitrogens with zero attached hydrogens (tertiary/aromatic N) is 3. The van der Waals surface area contributed by atoms with Gasteiger partial charge in [0.15, 0.2) is 12.4 Å². The second-order valence-electron chi connectivity index (χ2n) is 8.40. The number of hydrogen-bond acceptors (Lipinski definition) is 4. The van der Waals surface area contributed by atoms with Crippen molar-refractivity contribution in [2.45, 2.75) is 18.8 Å². The third-order valence-electron chi connectivity index (χ3n) is 6.28. The van der Waals surface area contributed by atoms with Gasteiger partial charge >= 0.3 is 0 Å². The topological polar surface area (TPSA) is 102 Å². The molecule has 3 aromatic heterocycles. The van der Waals surface area contributed by atoms with Crippen molar-refractivity contribution in [1.29, 1.82) is 0 Å². The number of nitrogens with one attached hydrogen (secondary N) is 1. The van der Waals surface area contributed by atoms with E-state index in [1.165, 1.54) is 12.4 Å². The van der Waals surface area contributed by atoms with Crippen LogP contribution in [0.25, 0.3) is 23.1 Å². The van der Waals surface area contributed by atoms with Crippen LogP contribution in [-0.2, 0) is 0 Å². The number of aromatic amines is 1. The largest absolute Gasteiger partial charge is 0.619 e. The van der Waals surface area contributed by atoms with Gasteiger partial charge in [0.25, 0.3) is 5.91 Å². The molecular weight excluding hydrogens is 414 g/mol. The van der Waals surface area contributed by atoms with Crippen LogP contribution in [0.4, 0.5) is 5.82 Å². The molecule has 4 heterocycles. The highest BCUT2D eigenvalue weighted by atomic mass is 16.5. The Kier molecular flexibility index (Phi) is 5.52. The van der Waals surface area contributed by atoms with E-state index >= 15 is 0 Å². The molecule has 0 unspecified atom stereocenters. The van der Waals surface area contributed by atoms with Crippen LogP contribution in [-0.4, -0.2) is 33.9 Å². The molecule has 0 radical (unpaired) electrons. The monoisotopic (exact) mass is 439 g/mol. The fraction of sp³-hybridized carbons (Fsp3) is 0.192. The molecule has 4 aromatic rings. The molecule has 7 nitrogen and oxygen atoms in total. The number of carbonyl (C=O) groups excluding carboxylic acids is 1. The number of carbonyl (C=O) groups is 1. The summed E-state index contributed by atoms with van der Waals surface area (Å²) < 4.78 is 0.758. The fourth-order valence-electron chi connectivity index (χ4n) is 4.36. The molecule has 1 saturated heterocycles. The molecule has 1 aromatic carbocycles. The predicted octanol–water partition coefficient (Wildman–Crippen LogP) is 3.97. The van der Waals surface area contributed by atoms with E-state index in [9.17, 15) is 10.0 Å². The number of nitrogens with two attached hydrogens (primary N) is 1. The van der Waals surface area contributed by atoms with Crippen LogP contribution in [0.3, 0.4) is 0 Å². The average Bonchev–Trinajstić information content (AvgIpc) is 3.30. The molecule has 7 heteroatoms. The Balaban J connectivity index is 1.20. The predicted molar refractivity (Wildman–Crippen MR) is 129 cm³/mol. The molecule has 3 N–H and O–H groups in total. The minimum atomic E-state index is 0.0668. The van der Waals surface area contributed by atoms with Gasteiger partial charge < -0.3 is 20.8 Å². The van der Waals surface area contributed by atoms with Crippen LogP contribution in [0.15, 0.2) is 67.1 Å². The molecule has 0 atom stereocenters. The normalized spacial score (nSPS) is 14.8. The summed E-state index contributed by atoms with van der Waals surface area (Å²) in [6.45, 7) is 1.45. The van der Waals surface area contributed by atoms with Gasteiger partial charge in [-0.25, -0.2) is 4.98 Å². The Labute approximate surface area is 191 Å². The van der Waals surface area contributed by atoms with E-state index in [0.29, 0.717) is 17.3 Å². The summed E-state index contributed by atoms with van der Waals surface area (Å²) in [5.41, 5.74) is 10.8. The highest BCUT2D eigenvalue weighted by molar-refractivity contribution is 5.94. The van der Waals surface area contributed by atoms with E-state index in [1.54, 1.807) is 18.3 Å². The van der Waals surface area contributed by atoms with Gasteiger partial charge in [-0.1, -0.05) is 24.3 Å². The van der Waals surface area contributed by atoms with E-state index in [2.05, 4.69) is 16.0 Å². The van der Waals surface area contributed by atoms with Crippen molar-refractivity contribution in [2.24, 2.45) is 0 Å². The van der Waals surface area contributed by atoms with Gasteiger partial charge in [-0.05, 0) is 48.2 Å². The van der Waals surface area contributed by atoms with Gasteiger partial charge in [-0.15, -0.1) is 0 Å². The quantitative estimate of drug-likeness (QED) is 0.371. The smallest absolute Gasteiger partial charge is 0.253 e. The first-order valence-corrected chi connectivity index (χ1v) is 11.1. The van der Waals surface area contributed by atoms with Crippen molar-refractivity contribution < 1.29 is 9.52 Å². The number of fused-ring (bicyclic) bond motifs is 1. The lowest BCUT2D eigenvalue weighted by Gasteiger charge is -2.31. The summed E-state index contributed by atoms with van der Waals surface area (Å²) in [6.07, 6.45) is 10.4. The molecule has 33 heavy (non-hydrogen) atoms. The Morgan fingerprint density at radius 1 is 1.06 bits per heavy atom. The molecule has 0 aliphatic carbocycles. The summed E-state index contributed by atoms with van der Waals surface area (Å²) in [6, 6.07) is 15.2. The van der Waals surface area contributed by atoms with Gasteiger partial charge in [-0.3, -0.25) is 4.79 Å². The number of rotatable bonds is 4. The van der Waals surface area contributed by atoms with Crippen molar-refractivity contribution in [3.8, 4) is 0 Å². The Hall–Kier alpha value is -4.13. The van der Waals surface area contributed by atoms with Crippen LogP contribution in [0.1, 0.15) is 45.9 Å². The minimum absolute atomic E-state index is 0.0668. The number of likely N-dealkylation sites (tertiary alicyclic amines) is 1. The molecule has 0 spiro atoms. The minimum Gasteiger partial charge on any atom is -0.619 e. The summed E-state index contributed by atoms with van der Waals surface area (Å²) in [5, 5.41) is 12.1. The number of anilines is 1. The summed E-state index contributed by atoms with van der Waals surface area (Å²) in [7, 11) is 0. The number of H-pyrrole nitrogens is 1. The molecule has 1 aliphatic heterocycles. The van der Waals surface area contributed by atoms with Crippen LogP contribution in [0.5, 0.6) is 0 Å². The first kappa shape index (κ1) is 20.8. The average molecular weight is 440 g/mol. The highest BCUT2D eigenvalue weighted by Crippen LogP contribution is 2.31. The van der Waals surface area contributed by atoms with Crippen LogP contribution in [0.2, 0.25) is 0 Å². The van der Waals surface area contributed by atoms with Crippen molar-refractivity contribution in [1.82, 2.24) is 14.9 Å². The number of pyridine rings is 2. The lowest BCUT2D eigenvalue weighted by molar-refractivity contribution is -0.605. The number of nitrogen functional groups attached to an aromatic ring is 1. The molecular formula is C26H25N5O2. The fourth-order valence-corrected chi connectivity index (χ4v) is 4.36. The van der Waals surface area contributed by atoms with E-state index in [4.69, 9.17) is 5.73 Å². The Morgan fingerprint density at radius 3 is 2.39 bits per heavy atom. The maximum atomic E-state index is 13.0. The molecule has 0 saturated carbocycles. The van der Waals surface area contributed by atoms with Crippen LogP contribution >= 0.6 is 0 Å². The summed E-state index contributed by atoms with van der Waals surface area (Å²) in [4.78, 5) is 22.6. The molecule has 5 rings (SSSR count). The third-order valence-corrected chi connectivity index (χ3v) is 6.28. The maximum Gasteiger partial charge on any atom is 0.253 e.